The minimum absolute atomic E-state index is 0.237. The van der Waals surface area contributed by atoms with Gasteiger partial charge in [0.05, 0.1) is 7.11 Å². The second-order valence-electron chi connectivity index (χ2n) is 2.90. The molecule has 14 heavy (non-hydrogen) atoms. The molecule has 1 aromatic carbocycles. The van der Waals surface area contributed by atoms with Crippen molar-refractivity contribution in [3.8, 4) is 5.75 Å². The Morgan fingerprint density at radius 2 is 2.21 bits per heavy atom. The van der Waals surface area contributed by atoms with E-state index in [2.05, 4.69) is 5.32 Å². The van der Waals surface area contributed by atoms with Crippen LogP contribution in [0.15, 0.2) is 12.1 Å². The van der Waals surface area contributed by atoms with Gasteiger partial charge in [-0.15, -0.1) is 0 Å². The van der Waals surface area contributed by atoms with Crippen molar-refractivity contribution in [2.75, 3.05) is 20.7 Å². The zero-order chi connectivity index (χ0) is 10.6. The first-order valence-corrected chi connectivity index (χ1v) is 4.74. The molecule has 0 spiro atoms. The smallest absolute Gasteiger partial charge is 0.169 e. The fraction of sp³-hybridized carbons (Fsp3) is 0.400. The van der Waals surface area contributed by atoms with E-state index >= 15 is 0 Å². The quantitative estimate of drug-likeness (QED) is 0.836. The van der Waals surface area contributed by atoms with Crippen LogP contribution in [0.3, 0.4) is 0 Å². The number of benzene rings is 1. The number of methoxy groups -OCH3 is 1. The van der Waals surface area contributed by atoms with Gasteiger partial charge in [0, 0.05) is 10.6 Å². The van der Waals surface area contributed by atoms with E-state index in [9.17, 15) is 4.39 Å². The maximum Gasteiger partial charge on any atom is 0.169 e. The summed E-state index contributed by atoms with van der Waals surface area (Å²) in [6.07, 6.45) is 0.554. The number of ether oxygens (including phenoxy) is 1. The van der Waals surface area contributed by atoms with Gasteiger partial charge in [-0.2, -0.15) is 0 Å². The zero-order valence-electron chi connectivity index (χ0n) is 8.23. The molecule has 0 saturated carbocycles. The molecule has 0 aromatic heterocycles. The molecule has 0 bridgehead atoms. The molecule has 1 aromatic rings. The molecular weight excluding hydrogens is 205 g/mol. The summed E-state index contributed by atoms with van der Waals surface area (Å²) in [5, 5.41) is 3.39. The lowest BCUT2D eigenvalue weighted by molar-refractivity contribution is 0.384. The van der Waals surface area contributed by atoms with Crippen molar-refractivity contribution >= 4 is 11.6 Å². The Balaban J connectivity index is 2.99. The highest BCUT2D eigenvalue weighted by Gasteiger charge is 2.11. The highest BCUT2D eigenvalue weighted by molar-refractivity contribution is 6.31. The molecular formula is C10H13ClFNO. The zero-order valence-corrected chi connectivity index (χ0v) is 8.99. The van der Waals surface area contributed by atoms with E-state index in [0.29, 0.717) is 23.6 Å². The summed E-state index contributed by atoms with van der Waals surface area (Å²) in [7, 11) is 3.25. The predicted molar refractivity (Wildman–Crippen MR) is 55.6 cm³/mol. The molecule has 1 N–H and O–H groups in total. The van der Waals surface area contributed by atoms with Gasteiger partial charge in [-0.05, 0) is 32.1 Å². The topological polar surface area (TPSA) is 21.3 Å². The van der Waals surface area contributed by atoms with Crippen molar-refractivity contribution in [3.05, 3.63) is 28.5 Å². The highest BCUT2D eigenvalue weighted by atomic mass is 35.5. The second kappa shape index (κ2) is 5.17. The number of likely N-dealkylation sites (N-methyl/N-ethyl adjacent to an activating group) is 1. The number of hydrogen-bond donors (Lipinski definition) is 1. The summed E-state index contributed by atoms with van der Waals surface area (Å²) in [5.41, 5.74) is 0.500. The van der Waals surface area contributed by atoms with Crippen LogP contribution in [0.2, 0.25) is 5.02 Å². The van der Waals surface area contributed by atoms with Gasteiger partial charge in [-0.3, -0.25) is 0 Å². The van der Waals surface area contributed by atoms with Crippen LogP contribution in [0.25, 0.3) is 0 Å². The summed E-state index contributed by atoms with van der Waals surface area (Å²) < 4.78 is 18.5. The van der Waals surface area contributed by atoms with E-state index in [1.165, 1.54) is 13.2 Å². The van der Waals surface area contributed by atoms with Gasteiger partial charge in [-0.1, -0.05) is 11.6 Å². The third-order valence-corrected chi connectivity index (χ3v) is 2.35. The van der Waals surface area contributed by atoms with Crippen molar-refractivity contribution in [3.63, 3.8) is 0 Å². The molecule has 0 heterocycles. The van der Waals surface area contributed by atoms with Crippen molar-refractivity contribution in [2.24, 2.45) is 0 Å². The normalized spacial score (nSPS) is 10.3. The van der Waals surface area contributed by atoms with E-state index in [-0.39, 0.29) is 11.6 Å². The van der Waals surface area contributed by atoms with Crippen LogP contribution in [0, 0.1) is 5.82 Å². The van der Waals surface area contributed by atoms with E-state index < -0.39 is 0 Å². The Hall–Kier alpha value is -0.800. The van der Waals surface area contributed by atoms with Gasteiger partial charge in [0.2, 0.25) is 0 Å². The molecule has 0 atom stereocenters. The Bertz CT molecular complexity index is 317. The lowest BCUT2D eigenvalue weighted by Gasteiger charge is -2.09. The summed E-state index contributed by atoms with van der Waals surface area (Å²) in [6.45, 7) is 0.684. The van der Waals surface area contributed by atoms with Gasteiger partial charge in [0.25, 0.3) is 0 Å². The lowest BCUT2D eigenvalue weighted by Crippen LogP contribution is -2.11. The standard InChI is InChI=1S/C10H13ClFNO/c1-13-6-5-7-8(11)3-4-9(14-2)10(7)12/h3-4,13H,5-6H2,1-2H3. The average molecular weight is 218 g/mol. The van der Waals surface area contributed by atoms with E-state index in [4.69, 9.17) is 16.3 Å². The van der Waals surface area contributed by atoms with Gasteiger partial charge in [-0.25, -0.2) is 4.39 Å². The minimum atomic E-state index is -0.366. The van der Waals surface area contributed by atoms with E-state index in [1.54, 1.807) is 6.07 Å². The van der Waals surface area contributed by atoms with E-state index in [0.717, 1.165) is 0 Å². The number of nitrogens with one attached hydrogen (secondary N) is 1. The molecule has 0 fully saturated rings. The number of halogens is 2. The van der Waals surface area contributed by atoms with Crippen LogP contribution >= 0.6 is 11.6 Å². The first-order chi connectivity index (χ1) is 6.70. The molecule has 4 heteroatoms. The molecule has 0 amide bonds. The molecule has 0 aliphatic carbocycles. The van der Waals surface area contributed by atoms with Crippen molar-refractivity contribution < 1.29 is 9.13 Å². The largest absolute Gasteiger partial charge is 0.494 e. The predicted octanol–water partition coefficient (Wildman–Crippen LogP) is 2.25. The van der Waals surface area contributed by atoms with Crippen LogP contribution in [0.5, 0.6) is 5.75 Å². The SMILES string of the molecule is CNCCc1c(Cl)ccc(OC)c1F. The van der Waals surface area contributed by atoms with Crippen LogP contribution in [-0.4, -0.2) is 20.7 Å². The molecule has 0 aliphatic heterocycles. The first-order valence-electron chi connectivity index (χ1n) is 4.36. The minimum Gasteiger partial charge on any atom is -0.494 e. The fourth-order valence-electron chi connectivity index (χ4n) is 1.21. The van der Waals surface area contributed by atoms with Gasteiger partial charge < -0.3 is 10.1 Å². The molecule has 0 saturated heterocycles. The fourth-order valence-corrected chi connectivity index (χ4v) is 1.45. The Morgan fingerprint density at radius 3 is 2.79 bits per heavy atom. The Labute approximate surface area is 88.0 Å². The van der Waals surface area contributed by atoms with Gasteiger partial charge in [0.1, 0.15) is 0 Å². The average Bonchev–Trinajstić information content (AvgIpc) is 2.18. The molecule has 2 nitrogen and oxygen atoms in total. The van der Waals surface area contributed by atoms with E-state index in [1.807, 2.05) is 7.05 Å². The highest BCUT2D eigenvalue weighted by Crippen LogP contribution is 2.27. The molecule has 0 unspecified atom stereocenters. The van der Waals surface area contributed by atoms with Gasteiger partial charge in [0.15, 0.2) is 11.6 Å². The third-order valence-electron chi connectivity index (χ3n) is 2.00. The summed E-state index contributed by atoms with van der Waals surface area (Å²) in [4.78, 5) is 0. The number of hydrogen-bond acceptors (Lipinski definition) is 2. The lowest BCUT2D eigenvalue weighted by atomic mass is 10.1. The molecule has 0 aliphatic rings. The van der Waals surface area contributed by atoms with Crippen LogP contribution in [0.4, 0.5) is 4.39 Å². The summed E-state index contributed by atoms with van der Waals surface area (Å²) in [6, 6.07) is 3.18. The first kappa shape index (κ1) is 11.3. The molecule has 1 rings (SSSR count). The number of rotatable bonds is 4. The molecule has 0 radical (unpaired) electrons. The third kappa shape index (κ3) is 2.36. The Morgan fingerprint density at radius 1 is 1.50 bits per heavy atom. The Kier molecular flexibility index (Phi) is 4.17. The van der Waals surface area contributed by atoms with Crippen molar-refractivity contribution in [1.82, 2.24) is 5.32 Å². The maximum atomic E-state index is 13.6. The summed E-state index contributed by atoms with van der Waals surface area (Å²) >= 11 is 5.87. The molecule has 78 valence electrons. The second-order valence-corrected chi connectivity index (χ2v) is 3.30. The van der Waals surface area contributed by atoms with Crippen LogP contribution in [-0.2, 0) is 6.42 Å². The van der Waals surface area contributed by atoms with Crippen LogP contribution < -0.4 is 10.1 Å². The summed E-state index contributed by atoms with van der Waals surface area (Å²) in [5.74, 6) is -0.129. The monoisotopic (exact) mass is 217 g/mol. The maximum absolute atomic E-state index is 13.6. The van der Waals surface area contributed by atoms with Crippen LogP contribution in [0.1, 0.15) is 5.56 Å². The van der Waals surface area contributed by atoms with Gasteiger partial charge >= 0.3 is 0 Å². The van der Waals surface area contributed by atoms with Crippen molar-refractivity contribution in [2.45, 2.75) is 6.42 Å². The van der Waals surface area contributed by atoms with Crippen molar-refractivity contribution in [1.29, 1.82) is 0 Å².